The quantitative estimate of drug-likeness (QED) is 0.603. The first-order valence-corrected chi connectivity index (χ1v) is 9.27. The lowest BCUT2D eigenvalue weighted by molar-refractivity contribution is -0.181. The van der Waals surface area contributed by atoms with Crippen LogP contribution in [0.4, 0.5) is 13.2 Å². The smallest absolute Gasteiger partial charge is 0.377 e. The second-order valence-electron chi connectivity index (χ2n) is 6.60. The molecule has 1 N–H and O–H groups in total. The van der Waals surface area contributed by atoms with E-state index in [2.05, 4.69) is 10.3 Å². The van der Waals surface area contributed by atoms with E-state index < -0.39 is 12.2 Å². The van der Waals surface area contributed by atoms with Crippen molar-refractivity contribution in [2.75, 3.05) is 39.8 Å². The minimum atomic E-state index is -4.18. The van der Waals surface area contributed by atoms with Gasteiger partial charge in [-0.2, -0.15) is 13.2 Å². The Morgan fingerprint density at radius 2 is 1.74 bits per heavy atom. The molecule has 1 atom stereocenters. The summed E-state index contributed by atoms with van der Waals surface area (Å²) >= 11 is 0. The molecule has 0 aromatic heterocycles. The Hall–Kier alpha value is -1.80. The highest BCUT2D eigenvalue weighted by atomic mass is 19.4. The minimum Gasteiger partial charge on any atom is -0.377 e. The van der Waals surface area contributed by atoms with E-state index in [0.29, 0.717) is 51.9 Å². The number of ether oxygens (including phenoxy) is 1. The average molecular weight is 386 g/mol. The van der Waals surface area contributed by atoms with Crippen molar-refractivity contribution in [1.29, 1.82) is 0 Å². The standard InChI is InChI=1S/C19H29F3N4O/c1-4-27-14-17-7-5-16(6-8-17)13-24-18(23-3)26-11-9-25(10-12-26)15(2)19(20,21)22/h5-8,15H,4,9-14H2,1-3H3,(H,23,24). The molecule has 1 aliphatic rings. The Morgan fingerprint density at radius 1 is 1.15 bits per heavy atom. The van der Waals surface area contributed by atoms with Crippen LogP contribution in [-0.4, -0.2) is 67.8 Å². The Kier molecular flexibility index (Phi) is 7.91. The predicted molar refractivity (Wildman–Crippen MR) is 101 cm³/mol. The number of nitrogens with zero attached hydrogens (tertiary/aromatic N) is 3. The molecule has 1 aromatic rings. The summed E-state index contributed by atoms with van der Waals surface area (Å²) in [5, 5.41) is 3.30. The van der Waals surface area contributed by atoms with Crippen molar-refractivity contribution >= 4 is 5.96 Å². The number of piperazine rings is 1. The van der Waals surface area contributed by atoms with Crippen LogP contribution in [0.5, 0.6) is 0 Å². The maximum atomic E-state index is 12.9. The summed E-state index contributed by atoms with van der Waals surface area (Å²) in [6.45, 7) is 6.87. The third-order valence-corrected chi connectivity index (χ3v) is 4.79. The summed E-state index contributed by atoms with van der Waals surface area (Å²) in [7, 11) is 1.69. The molecule has 27 heavy (non-hydrogen) atoms. The summed E-state index contributed by atoms with van der Waals surface area (Å²) in [5.74, 6) is 0.715. The van der Waals surface area contributed by atoms with E-state index in [1.807, 2.05) is 36.1 Å². The second kappa shape index (κ2) is 9.94. The molecule has 1 heterocycles. The van der Waals surface area contributed by atoms with Gasteiger partial charge in [0.25, 0.3) is 0 Å². The Morgan fingerprint density at radius 3 is 2.26 bits per heavy atom. The Labute approximate surface area is 159 Å². The number of nitrogens with one attached hydrogen (secondary N) is 1. The van der Waals surface area contributed by atoms with Crippen molar-refractivity contribution in [3.8, 4) is 0 Å². The van der Waals surface area contributed by atoms with Gasteiger partial charge in [0.1, 0.15) is 6.04 Å². The van der Waals surface area contributed by atoms with Gasteiger partial charge in [-0.15, -0.1) is 0 Å². The van der Waals surface area contributed by atoms with Crippen LogP contribution in [0.25, 0.3) is 0 Å². The second-order valence-corrected chi connectivity index (χ2v) is 6.60. The van der Waals surface area contributed by atoms with Crippen LogP contribution < -0.4 is 5.32 Å². The summed E-state index contributed by atoms with van der Waals surface area (Å²) < 4.78 is 44.0. The van der Waals surface area contributed by atoms with E-state index in [-0.39, 0.29) is 0 Å². The van der Waals surface area contributed by atoms with Crippen LogP contribution in [-0.2, 0) is 17.9 Å². The third-order valence-electron chi connectivity index (χ3n) is 4.79. The molecular formula is C19H29F3N4O. The number of halogens is 3. The third kappa shape index (κ3) is 6.39. The zero-order valence-corrected chi connectivity index (χ0v) is 16.2. The lowest BCUT2D eigenvalue weighted by atomic mass is 10.1. The molecule has 5 nitrogen and oxygen atoms in total. The molecule has 0 amide bonds. The maximum Gasteiger partial charge on any atom is 0.403 e. The summed E-state index contributed by atoms with van der Waals surface area (Å²) in [6, 6.07) is 6.74. The van der Waals surface area contributed by atoms with Gasteiger partial charge in [-0.25, -0.2) is 0 Å². The fourth-order valence-electron chi connectivity index (χ4n) is 3.01. The highest BCUT2D eigenvalue weighted by molar-refractivity contribution is 5.80. The van der Waals surface area contributed by atoms with Gasteiger partial charge in [0, 0.05) is 46.4 Å². The number of rotatable bonds is 6. The van der Waals surface area contributed by atoms with E-state index in [1.165, 1.54) is 11.8 Å². The van der Waals surface area contributed by atoms with Crippen molar-refractivity contribution < 1.29 is 17.9 Å². The van der Waals surface area contributed by atoms with Gasteiger partial charge < -0.3 is 15.0 Å². The van der Waals surface area contributed by atoms with E-state index in [4.69, 9.17) is 4.74 Å². The summed E-state index contributed by atoms with van der Waals surface area (Å²) in [6.07, 6.45) is -4.18. The van der Waals surface area contributed by atoms with E-state index >= 15 is 0 Å². The topological polar surface area (TPSA) is 40.1 Å². The van der Waals surface area contributed by atoms with Crippen molar-refractivity contribution in [2.24, 2.45) is 4.99 Å². The average Bonchev–Trinajstić information content (AvgIpc) is 2.67. The number of aliphatic imine (C=N–C) groups is 1. The number of benzene rings is 1. The Bertz CT molecular complexity index is 596. The van der Waals surface area contributed by atoms with Crippen molar-refractivity contribution in [1.82, 2.24) is 15.1 Å². The van der Waals surface area contributed by atoms with Crippen molar-refractivity contribution in [2.45, 2.75) is 39.2 Å². The lowest BCUT2D eigenvalue weighted by Crippen LogP contribution is -2.56. The molecule has 8 heteroatoms. The van der Waals surface area contributed by atoms with Crippen molar-refractivity contribution in [3.05, 3.63) is 35.4 Å². The minimum absolute atomic E-state index is 0.369. The monoisotopic (exact) mass is 386 g/mol. The highest BCUT2D eigenvalue weighted by Crippen LogP contribution is 2.25. The fourth-order valence-corrected chi connectivity index (χ4v) is 3.01. The van der Waals surface area contributed by atoms with Gasteiger partial charge in [0.2, 0.25) is 0 Å². The van der Waals surface area contributed by atoms with Gasteiger partial charge in [0.15, 0.2) is 5.96 Å². The highest BCUT2D eigenvalue weighted by Gasteiger charge is 2.41. The largest absolute Gasteiger partial charge is 0.403 e. The van der Waals surface area contributed by atoms with Crippen LogP contribution in [0.3, 0.4) is 0 Å². The van der Waals surface area contributed by atoms with Gasteiger partial charge in [0.05, 0.1) is 6.61 Å². The molecule has 1 aliphatic heterocycles. The molecule has 0 spiro atoms. The zero-order chi connectivity index (χ0) is 19.9. The molecule has 0 radical (unpaired) electrons. The molecule has 0 saturated carbocycles. The van der Waals surface area contributed by atoms with Crippen LogP contribution in [0.2, 0.25) is 0 Å². The summed E-state index contributed by atoms with van der Waals surface area (Å²) in [4.78, 5) is 7.75. The zero-order valence-electron chi connectivity index (χ0n) is 16.2. The van der Waals surface area contributed by atoms with Crippen molar-refractivity contribution in [3.63, 3.8) is 0 Å². The maximum absolute atomic E-state index is 12.9. The number of hydrogen-bond acceptors (Lipinski definition) is 3. The van der Waals surface area contributed by atoms with Gasteiger partial charge in [-0.05, 0) is 25.0 Å². The molecule has 2 rings (SSSR count). The van der Waals surface area contributed by atoms with Crippen LogP contribution in [0.15, 0.2) is 29.3 Å². The molecule has 1 saturated heterocycles. The van der Waals surface area contributed by atoms with Gasteiger partial charge in [-0.3, -0.25) is 9.89 Å². The number of guanidine groups is 1. The fraction of sp³-hybridized carbons (Fsp3) is 0.632. The van der Waals surface area contributed by atoms with Crippen LogP contribution >= 0.6 is 0 Å². The molecule has 152 valence electrons. The van der Waals surface area contributed by atoms with Crippen LogP contribution in [0, 0.1) is 0 Å². The SMILES string of the molecule is CCOCc1ccc(CNC(=NC)N2CCN(C(C)C(F)(F)F)CC2)cc1. The first-order chi connectivity index (χ1) is 12.8. The van der Waals surface area contributed by atoms with Crippen LogP contribution in [0.1, 0.15) is 25.0 Å². The number of alkyl halides is 3. The van der Waals surface area contributed by atoms with E-state index in [1.54, 1.807) is 7.05 Å². The van der Waals surface area contributed by atoms with Gasteiger partial charge in [-0.1, -0.05) is 24.3 Å². The molecule has 1 aromatic carbocycles. The molecule has 0 bridgehead atoms. The first-order valence-electron chi connectivity index (χ1n) is 9.27. The van der Waals surface area contributed by atoms with E-state index in [9.17, 15) is 13.2 Å². The molecule has 0 aliphatic carbocycles. The van der Waals surface area contributed by atoms with E-state index in [0.717, 1.165) is 11.1 Å². The summed E-state index contributed by atoms with van der Waals surface area (Å²) in [5.41, 5.74) is 2.24. The Balaban J connectivity index is 1.82. The first kappa shape index (κ1) is 21.5. The molecule has 1 fully saturated rings. The predicted octanol–water partition coefficient (Wildman–Crippen LogP) is 2.87. The normalized spacial score (nSPS) is 17.9. The molecule has 1 unspecified atom stereocenters. The molecular weight excluding hydrogens is 357 g/mol. The van der Waals surface area contributed by atoms with Gasteiger partial charge >= 0.3 is 6.18 Å². The lowest BCUT2D eigenvalue weighted by Gasteiger charge is -2.39. The number of hydrogen-bond donors (Lipinski definition) is 1.